The fourth-order valence-corrected chi connectivity index (χ4v) is 3.80. The molecule has 4 rings (SSSR count). The Hall–Kier alpha value is -3.06. The largest absolute Gasteiger partial charge is 0.444 e. The number of rotatable bonds is 4. The predicted octanol–water partition coefficient (Wildman–Crippen LogP) is 3.48. The van der Waals surface area contributed by atoms with Crippen molar-refractivity contribution in [3.63, 3.8) is 0 Å². The van der Waals surface area contributed by atoms with Crippen molar-refractivity contribution in [1.82, 2.24) is 0 Å². The molecule has 2 aromatic carbocycles. The van der Waals surface area contributed by atoms with Crippen LogP contribution in [0.15, 0.2) is 48.5 Å². The number of amides is 2. The van der Waals surface area contributed by atoms with E-state index in [1.165, 1.54) is 4.90 Å². The number of carbonyl (C=O) groups excluding carboxylic acids is 2. The summed E-state index contributed by atoms with van der Waals surface area (Å²) >= 11 is 0. The van der Waals surface area contributed by atoms with Crippen LogP contribution >= 0.6 is 0 Å². The summed E-state index contributed by atoms with van der Waals surface area (Å²) in [5.74, 6) is 0. The lowest BCUT2D eigenvalue weighted by Crippen LogP contribution is -2.42. The van der Waals surface area contributed by atoms with E-state index in [-0.39, 0.29) is 25.3 Å². The van der Waals surface area contributed by atoms with Crippen molar-refractivity contribution >= 4 is 23.6 Å². The highest BCUT2D eigenvalue weighted by atomic mass is 16.6. The molecule has 2 aliphatic heterocycles. The van der Waals surface area contributed by atoms with E-state index in [0.717, 1.165) is 29.7 Å². The third-order valence-corrected chi connectivity index (χ3v) is 5.39. The average Bonchev–Trinajstić information content (AvgIpc) is 3.13. The van der Waals surface area contributed by atoms with E-state index in [2.05, 4.69) is 0 Å². The van der Waals surface area contributed by atoms with Crippen LogP contribution in [-0.4, -0.2) is 42.6 Å². The minimum Gasteiger partial charge on any atom is -0.444 e. The Morgan fingerprint density at radius 1 is 1.24 bits per heavy atom. The molecule has 0 bridgehead atoms. The summed E-state index contributed by atoms with van der Waals surface area (Å²) in [6, 6.07) is 15.2. The number of anilines is 2. The van der Waals surface area contributed by atoms with Gasteiger partial charge < -0.3 is 14.6 Å². The number of nitrogens with zero attached hydrogens (tertiary/aromatic N) is 2. The van der Waals surface area contributed by atoms with Crippen LogP contribution in [0.1, 0.15) is 24.5 Å². The van der Waals surface area contributed by atoms with Gasteiger partial charge in [0.1, 0.15) is 12.7 Å². The Bertz CT molecular complexity index is 901. The Balaban J connectivity index is 1.53. The number of hydrogen-bond donors (Lipinski definition) is 1. The highest BCUT2D eigenvalue weighted by molar-refractivity contribution is 5.93. The molecule has 0 radical (unpaired) electrons. The van der Waals surface area contributed by atoms with Crippen molar-refractivity contribution < 1.29 is 24.2 Å². The molecular weight excluding hydrogens is 372 g/mol. The molecule has 0 aromatic heterocycles. The van der Waals surface area contributed by atoms with Gasteiger partial charge in [0.25, 0.3) is 0 Å². The normalized spacial score (nSPS) is 21.0. The van der Waals surface area contributed by atoms with Gasteiger partial charge in [-0.15, -0.1) is 0 Å². The SMILES string of the molecule is C[C@H]1CCc2cc(N3C[C@H](CO)OC3=O)ccc2N1C(=O)OCc1ccccc1. The van der Waals surface area contributed by atoms with Crippen LogP contribution < -0.4 is 9.80 Å². The van der Waals surface area contributed by atoms with Gasteiger partial charge in [-0.3, -0.25) is 9.80 Å². The first-order chi connectivity index (χ1) is 14.1. The maximum absolute atomic E-state index is 12.8. The summed E-state index contributed by atoms with van der Waals surface area (Å²) in [6.07, 6.45) is 0.256. The molecule has 2 heterocycles. The lowest BCUT2D eigenvalue weighted by Gasteiger charge is -2.35. The summed E-state index contributed by atoms with van der Waals surface area (Å²) < 4.78 is 10.7. The molecule has 2 atom stereocenters. The van der Waals surface area contributed by atoms with Crippen LogP contribution in [0.4, 0.5) is 21.0 Å². The van der Waals surface area contributed by atoms with Crippen molar-refractivity contribution in [2.24, 2.45) is 0 Å². The zero-order valence-electron chi connectivity index (χ0n) is 16.3. The summed E-state index contributed by atoms with van der Waals surface area (Å²) in [5.41, 5.74) is 3.43. The van der Waals surface area contributed by atoms with Gasteiger partial charge in [-0.05, 0) is 49.1 Å². The number of fused-ring (bicyclic) bond motifs is 1. The lowest BCUT2D eigenvalue weighted by atomic mass is 9.96. The van der Waals surface area contributed by atoms with Crippen LogP contribution in [0, 0.1) is 0 Å². The van der Waals surface area contributed by atoms with Gasteiger partial charge >= 0.3 is 12.2 Å². The molecular formula is C22H24N2O5. The van der Waals surface area contributed by atoms with Crippen molar-refractivity contribution in [2.45, 2.75) is 38.5 Å². The van der Waals surface area contributed by atoms with E-state index in [4.69, 9.17) is 9.47 Å². The average molecular weight is 396 g/mol. The van der Waals surface area contributed by atoms with Crippen molar-refractivity contribution in [3.8, 4) is 0 Å². The Labute approximate surface area is 169 Å². The minimum atomic E-state index is -0.511. The smallest absolute Gasteiger partial charge is 0.414 e. The van der Waals surface area contributed by atoms with Crippen LogP contribution in [0.25, 0.3) is 0 Å². The Morgan fingerprint density at radius 2 is 2.03 bits per heavy atom. The molecule has 1 N–H and O–H groups in total. The first-order valence-corrected chi connectivity index (χ1v) is 9.78. The topological polar surface area (TPSA) is 79.3 Å². The maximum Gasteiger partial charge on any atom is 0.414 e. The van der Waals surface area contributed by atoms with Gasteiger partial charge in [0.2, 0.25) is 0 Å². The Morgan fingerprint density at radius 3 is 2.76 bits per heavy atom. The molecule has 2 aliphatic rings. The standard InChI is InChI=1S/C22H24N2O5/c1-15-7-8-17-11-18(23-12-19(13-25)29-21(23)26)9-10-20(17)24(15)22(27)28-14-16-5-3-2-4-6-16/h2-6,9-11,15,19,25H,7-8,12-14H2,1H3/t15-,19+/m0/s1. The fourth-order valence-electron chi connectivity index (χ4n) is 3.80. The quantitative estimate of drug-likeness (QED) is 0.856. The third-order valence-electron chi connectivity index (χ3n) is 5.39. The van der Waals surface area contributed by atoms with E-state index < -0.39 is 12.2 Å². The summed E-state index contributed by atoms with van der Waals surface area (Å²) in [7, 11) is 0. The highest BCUT2D eigenvalue weighted by Gasteiger charge is 2.34. The Kier molecular flexibility index (Phi) is 5.40. The van der Waals surface area contributed by atoms with Gasteiger partial charge in [0.15, 0.2) is 0 Å². The molecule has 1 fully saturated rings. The lowest BCUT2D eigenvalue weighted by molar-refractivity contribution is 0.0963. The van der Waals surface area contributed by atoms with Crippen LogP contribution in [-0.2, 0) is 22.5 Å². The molecule has 0 saturated carbocycles. The van der Waals surface area contributed by atoms with Gasteiger partial charge in [-0.25, -0.2) is 9.59 Å². The van der Waals surface area contributed by atoms with Crippen molar-refractivity contribution in [3.05, 3.63) is 59.7 Å². The number of aliphatic hydroxyl groups is 1. The van der Waals surface area contributed by atoms with E-state index in [1.54, 1.807) is 11.0 Å². The second-order valence-corrected chi connectivity index (χ2v) is 7.41. The molecule has 1 saturated heterocycles. The molecule has 0 aliphatic carbocycles. The molecule has 0 unspecified atom stereocenters. The van der Waals surface area contributed by atoms with Crippen molar-refractivity contribution in [1.29, 1.82) is 0 Å². The molecule has 2 amide bonds. The molecule has 7 heteroatoms. The van der Waals surface area contributed by atoms with Crippen molar-refractivity contribution in [2.75, 3.05) is 23.0 Å². The van der Waals surface area contributed by atoms with Gasteiger partial charge in [0, 0.05) is 11.7 Å². The first-order valence-electron chi connectivity index (χ1n) is 9.78. The van der Waals surface area contributed by atoms with Crippen LogP contribution in [0.2, 0.25) is 0 Å². The van der Waals surface area contributed by atoms with E-state index in [0.29, 0.717) is 12.2 Å². The van der Waals surface area contributed by atoms with E-state index in [1.807, 2.05) is 49.4 Å². The monoisotopic (exact) mass is 396 g/mol. The number of hydrogen-bond acceptors (Lipinski definition) is 5. The van der Waals surface area contributed by atoms with E-state index in [9.17, 15) is 14.7 Å². The van der Waals surface area contributed by atoms with Crippen LogP contribution in [0.5, 0.6) is 0 Å². The number of ether oxygens (including phenoxy) is 2. The van der Waals surface area contributed by atoms with Gasteiger partial charge in [-0.2, -0.15) is 0 Å². The molecule has 29 heavy (non-hydrogen) atoms. The number of aliphatic hydroxyl groups excluding tert-OH is 1. The zero-order chi connectivity index (χ0) is 20.4. The number of aryl methyl sites for hydroxylation is 1. The number of benzene rings is 2. The summed E-state index contributed by atoms with van der Waals surface area (Å²) in [6.45, 7) is 2.34. The van der Waals surface area contributed by atoms with Gasteiger partial charge in [0.05, 0.1) is 18.8 Å². The first kappa shape index (κ1) is 19.3. The fraction of sp³-hybridized carbons (Fsp3) is 0.364. The third kappa shape index (κ3) is 3.91. The zero-order valence-corrected chi connectivity index (χ0v) is 16.3. The molecule has 7 nitrogen and oxygen atoms in total. The minimum absolute atomic E-state index is 0.0205. The second kappa shape index (κ2) is 8.13. The molecule has 2 aromatic rings. The van der Waals surface area contributed by atoms with Gasteiger partial charge in [-0.1, -0.05) is 30.3 Å². The van der Waals surface area contributed by atoms with Crippen LogP contribution in [0.3, 0.4) is 0 Å². The maximum atomic E-state index is 12.8. The van der Waals surface area contributed by atoms with E-state index >= 15 is 0 Å². The predicted molar refractivity (Wildman–Crippen MR) is 108 cm³/mol. The highest BCUT2D eigenvalue weighted by Crippen LogP contribution is 2.35. The second-order valence-electron chi connectivity index (χ2n) is 7.41. The number of carbonyl (C=O) groups is 2. The summed E-state index contributed by atoms with van der Waals surface area (Å²) in [4.78, 5) is 28.1. The summed E-state index contributed by atoms with van der Waals surface area (Å²) in [5, 5.41) is 9.24. The molecule has 0 spiro atoms. The molecule has 152 valence electrons. The number of cyclic esters (lactones) is 1.